The summed E-state index contributed by atoms with van der Waals surface area (Å²) in [6.07, 6.45) is 6.34. The van der Waals surface area contributed by atoms with Gasteiger partial charge in [-0.3, -0.25) is 9.59 Å². The van der Waals surface area contributed by atoms with Gasteiger partial charge in [0, 0.05) is 10.8 Å². The van der Waals surface area contributed by atoms with E-state index < -0.39 is 35.9 Å². The van der Waals surface area contributed by atoms with E-state index >= 15 is 0 Å². The van der Waals surface area contributed by atoms with Crippen LogP contribution in [-0.4, -0.2) is 67.5 Å². The number of esters is 1. The maximum atomic E-state index is 12.5. The predicted octanol–water partition coefficient (Wildman–Crippen LogP) is 5.15. The molecule has 8 nitrogen and oxygen atoms in total. The van der Waals surface area contributed by atoms with Crippen LogP contribution in [0.2, 0.25) is 0 Å². The molecule has 5 N–H and O–H groups in total. The van der Waals surface area contributed by atoms with Crippen molar-refractivity contribution < 1.29 is 39.9 Å². The number of allylic oxidation sites excluding steroid dienone is 2. The first-order valence-electron chi connectivity index (χ1n) is 16.2. The number of hydrogen-bond donors (Lipinski definition) is 5. The van der Waals surface area contributed by atoms with Crippen LogP contribution in [0, 0.1) is 33.5 Å². The zero-order chi connectivity index (χ0) is 31.5. The van der Waals surface area contributed by atoms with Gasteiger partial charge in [0.25, 0.3) is 0 Å². The highest BCUT2D eigenvalue weighted by Gasteiger charge is 2.68. The molecular weight excluding hydrogens is 536 g/mol. The first-order valence-corrected chi connectivity index (χ1v) is 16.2. The van der Waals surface area contributed by atoms with Gasteiger partial charge < -0.3 is 30.3 Å². The minimum absolute atomic E-state index is 0.0162. The highest BCUT2D eigenvalue weighted by Crippen LogP contribution is 2.73. The standard InChI is InChI=1S/C34H56O8/c1-21(8-11-25(36)32(6,40)20-35)34(41)19-18-31(5)23-9-10-24-29(2,3)26(42-28(39)13-12-27(37)38)15-16-30(24,4)22(23)14-17-33(31,34)7/h21,24-26,35-36,40-41H,8-20H2,1-7H3,(H,37,38). The van der Waals surface area contributed by atoms with E-state index in [0.717, 1.165) is 44.9 Å². The average molecular weight is 593 g/mol. The number of rotatable bonds is 10. The number of aliphatic hydroxyl groups excluding tert-OH is 2. The van der Waals surface area contributed by atoms with Crippen molar-refractivity contribution in [2.45, 2.75) is 149 Å². The quantitative estimate of drug-likeness (QED) is 0.173. The van der Waals surface area contributed by atoms with Gasteiger partial charge in [0.15, 0.2) is 0 Å². The third-order valence-electron chi connectivity index (χ3n) is 13.4. The Bertz CT molecular complexity index is 1100. The van der Waals surface area contributed by atoms with Crippen molar-refractivity contribution in [1.29, 1.82) is 0 Å². The summed E-state index contributed by atoms with van der Waals surface area (Å²) in [5, 5.41) is 51.6. The largest absolute Gasteiger partial charge is 0.481 e. The first-order chi connectivity index (χ1) is 19.3. The van der Waals surface area contributed by atoms with E-state index in [1.54, 1.807) is 5.57 Å². The summed E-state index contributed by atoms with van der Waals surface area (Å²) in [7, 11) is 0. The van der Waals surface area contributed by atoms with Crippen LogP contribution in [0.1, 0.15) is 126 Å². The van der Waals surface area contributed by atoms with E-state index in [2.05, 4.69) is 41.5 Å². The first kappa shape index (κ1) is 33.4. The van der Waals surface area contributed by atoms with Gasteiger partial charge in [-0.1, -0.05) is 52.7 Å². The Balaban J connectivity index is 1.56. The lowest BCUT2D eigenvalue weighted by molar-refractivity contribution is -0.172. The van der Waals surface area contributed by atoms with E-state index in [1.165, 1.54) is 12.5 Å². The van der Waals surface area contributed by atoms with Crippen LogP contribution in [0.25, 0.3) is 0 Å². The average Bonchev–Trinajstić information content (AvgIpc) is 3.14. The number of carboxylic acid groups (broad SMARTS) is 1. The summed E-state index contributed by atoms with van der Waals surface area (Å²) < 4.78 is 5.91. The Morgan fingerprint density at radius 2 is 1.64 bits per heavy atom. The van der Waals surface area contributed by atoms with Crippen LogP contribution < -0.4 is 0 Å². The lowest BCUT2D eigenvalue weighted by atomic mass is 9.43. The third-order valence-corrected chi connectivity index (χ3v) is 13.4. The van der Waals surface area contributed by atoms with E-state index in [4.69, 9.17) is 9.84 Å². The van der Waals surface area contributed by atoms with E-state index in [9.17, 15) is 30.0 Å². The monoisotopic (exact) mass is 592 g/mol. The maximum absolute atomic E-state index is 12.5. The molecule has 0 aromatic rings. The lowest BCUT2D eigenvalue weighted by Crippen LogP contribution is -2.58. The van der Waals surface area contributed by atoms with E-state index in [1.807, 2.05) is 0 Å². The van der Waals surface area contributed by atoms with Gasteiger partial charge in [0.1, 0.15) is 11.7 Å². The van der Waals surface area contributed by atoms with E-state index in [-0.39, 0.29) is 46.5 Å². The molecule has 2 saturated carbocycles. The smallest absolute Gasteiger partial charge is 0.306 e. The molecule has 0 radical (unpaired) electrons. The van der Waals surface area contributed by atoms with Crippen molar-refractivity contribution >= 4 is 11.9 Å². The fourth-order valence-corrected chi connectivity index (χ4v) is 10.2. The van der Waals surface area contributed by atoms with Gasteiger partial charge >= 0.3 is 11.9 Å². The molecule has 42 heavy (non-hydrogen) atoms. The van der Waals surface area contributed by atoms with Crippen LogP contribution in [0.5, 0.6) is 0 Å². The van der Waals surface area contributed by atoms with Crippen LogP contribution >= 0.6 is 0 Å². The number of carbonyl (C=O) groups is 2. The second kappa shape index (κ2) is 11.1. The predicted molar refractivity (Wildman–Crippen MR) is 159 cm³/mol. The summed E-state index contributed by atoms with van der Waals surface area (Å²) in [4.78, 5) is 23.4. The number of aliphatic hydroxyl groups is 4. The van der Waals surface area contributed by atoms with Gasteiger partial charge in [-0.15, -0.1) is 0 Å². The van der Waals surface area contributed by atoms with Crippen molar-refractivity contribution in [3.63, 3.8) is 0 Å². The number of carboxylic acids is 1. The topological polar surface area (TPSA) is 145 Å². The van der Waals surface area contributed by atoms with Crippen molar-refractivity contribution in [3.8, 4) is 0 Å². The number of ether oxygens (including phenoxy) is 1. The molecule has 2 fully saturated rings. The fourth-order valence-electron chi connectivity index (χ4n) is 10.2. The molecule has 4 rings (SSSR count). The van der Waals surface area contributed by atoms with E-state index in [0.29, 0.717) is 25.2 Å². The number of carbonyl (C=O) groups excluding carboxylic acids is 1. The maximum Gasteiger partial charge on any atom is 0.306 e. The Hall–Kier alpha value is -1.48. The van der Waals surface area contributed by atoms with Crippen molar-refractivity contribution in [3.05, 3.63) is 11.1 Å². The van der Waals surface area contributed by atoms with Crippen LogP contribution in [0.3, 0.4) is 0 Å². The molecule has 240 valence electrons. The Kier molecular flexibility index (Phi) is 8.87. The molecule has 0 aromatic heterocycles. The van der Waals surface area contributed by atoms with Gasteiger partial charge in [0.2, 0.25) is 0 Å². The molecule has 0 aliphatic heterocycles. The second-order valence-corrected chi connectivity index (χ2v) is 15.8. The zero-order valence-electron chi connectivity index (χ0n) is 27.0. The molecule has 4 aliphatic rings. The molecule has 8 heteroatoms. The normalized spacial score (nSPS) is 40.3. The SMILES string of the molecule is CC(CCC(O)C(C)(O)CO)C1(O)CCC2(C)C3=C(CCC21C)C1(C)CCC(OC(=O)CCC(=O)O)C(C)(C)C1CC3. The lowest BCUT2D eigenvalue weighted by Gasteiger charge is -2.63. The van der Waals surface area contributed by atoms with Crippen molar-refractivity contribution in [2.75, 3.05) is 6.61 Å². The summed E-state index contributed by atoms with van der Waals surface area (Å²) >= 11 is 0. The highest BCUT2D eigenvalue weighted by atomic mass is 16.5. The summed E-state index contributed by atoms with van der Waals surface area (Å²) in [6.45, 7) is 14.5. The molecule has 9 atom stereocenters. The number of fused-ring (bicyclic) bond motifs is 4. The Morgan fingerprint density at radius 1 is 0.976 bits per heavy atom. The summed E-state index contributed by atoms with van der Waals surface area (Å²) in [6, 6.07) is 0. The van der Waals surface area contributed by atoms with Gasteiger partial charge in [0.05, 0.1) is 31.2 Å². The third kappa shape index (κ3) is 5.06. The second-order valence-electron chi connectivity index (χ2n) is 15.8. The van der Waals surface area contributed by atoms with Crippen molar-refractivity contribution in [2.24, 2.45) is 33.5 Å². The number of aliphatic carboxylic acids is 1. The van der Waals surface area contributed by atoms with Gasteiger partial charge in [-0.2, -0.15) is 0 Å². The minimum atomic E-state index is -1.56. The minimum Gasteiger partial charge on any atom is -0.481 e. The Morgan fingerprint density at radius 3 is 2.26 bits per heavy atom. The summed E-state index contributed by atoms with van der Waals surface area (Å²) in [5.74, 6) is -1.16. The van der Waals surface area contributed by atoms with Crippen LogP contribution in [0.15, 0.2) is 11.1 Å². The fraction of sp³-hybridized carbons (Fsp3) is 0.882. The molecule has 4 aliphatic carbocycles. The highest BCUT2D eigenvalue weighted by molar-refractivity contribution is 5.76. The van der Waals surface area contributed by atoms with Crippen molar-refractivity contribution in [1.82, 2.24) is 0 Å². The molecule has 0 heterocycles. The molecule has 0 aromatic carbocycles. The number of hydrogen-bond acceptors (Lipinski definition) is 7. The van der Waals surface area contributed by atoms with Crippen LogP contribution in [-0.2, 0) is 14.3 Å². The van der Waals surface area contributed by atoms with Gasteiger partial charge in [-0.25, -0.2) is 0 Å². The van der Waals surface area contributed by atoms with Gasteiger partial charge in [-0.05, 0) is 93.8 Å². The zero-order valence-corrected chi connectivity index (χ0v) is 27.0. The molecular formula is C34H56O8. The molecule has 9 unspecified atom stereocenters. The Labute approximate surface area is 251 Å². The molecule has 0 amide bonds. The molecule has 0 spiro atoms. The summed E-state index contributed by atoms with van der Waals surface area (Å²) in [5.41, 5.74) is -0.105. The molecule has 0 saturated heterocycles. The molecule has 0 bridgehead atoms. The van der Waals surface area contributed by atoms with Crippen LogP contribution in [0.4, 0.5) is 0 Å².